The molecule has 2 N–H and O–H groups in total. The molecule has 128 valence electrons. The van der Waals surface area contributed by atoms with Crippen LogP contribution in [-0.4, -0.2) is 41.5 Å². The van der Waals surface area contributed by atoms with Crippen LogP contribution >= 0.6 is 0 Å². The maximum atomic E-state index is 12.8. The van der Waals surface area contributed by atoms with Gasteiger partial charge < -0.3 is 15.3 Å². The molecule has 0 saturated carbocycles. The summed E-state index contributed by atoms with van der Waals surface area (Å²) in [7, 11) is 3.18. The molecule has 2 rings (SSSR count). The standard InChI is InChI=1S/C16H16F3N3O2/c1-22(2)14(24)9-21-15-13(23)7-11(8-20-15)10-4-3-5-12(6-10)16(17,18)19/h3-8,23H,9H2,1-2H3,(H,20,21). The van der Waals surface area contributed by atoms with Crippen LogP contribution in [0.2, 0.25) is 0 Å². The zero-order chi connectivity index (χ0) is 17.9. The number of rotatable bonds is 4. The zero-order valence-electron chi connectivity index (χ0n) is 13.1. The van der Waals surface area contributed by atoms with Crippen LogP contribution in [0.3, 0.4) is 0 Å². The third kappa shape index (κ3) is 4.15. The lowest BCUT2D eigenvalue weighted by Gasteiger charge is -2.13. The SMILES string of the molecule is CN(C)C(=O)CNc1ncc(-c2cccc(C(F)(F)F)c2)cc1O. The van der Waals surface area contributed by atoms with E-state index in [-0.39, 0.29) is 29.6 Å². The van der Waals surface area contributed by atoms with Crippen LogP contribution in [0.25, 0.3) is 11.1 Å². The average Bonchev–Trinajstić information content (AvgIpc) is 2.52. The summed E-state index contributed by atoms with van der Waals surface area (Å²) < 4.78 is 38.3. The fourth-order valence-electron chi connectivity index (χ4n) is 1.94. The number of halogens is 3. The molecule has 0 bridgehead atoms. The smallest absolute Gasteiger partial charge is 0.416 e. The van der Waals surface area contributed by atoms with E-state index < -0.39 is 11.7 Å². The molecule has 1 amide bonds. The largest absolute Gasteiger partial charge is 0.504 e. The number of carbonyl (C=O) groups is 1. The number of nitrogens with zero attached hydrogens (tertiary/aromatic N) is 2. The Hall–Kier alpha value is -2.77. The van der Waals surface area contributed by atoms with Crippen molar-refractivity contribution >= 4 is 11.7 Å². The van der Waals surface area contributed by atoms with Crippen LogP contribution in [0.1, 0.15) is 5.56 Å². The van der Waals surface area contributed by atoms with E-state index in [9.17, 15) is 23.1 Å². The van der Waals surface area contributed by atoms with Crippen molar-refractivity contribution in [2.75, 3.05) is 26.0 Å². The summed E-state index contributed by atoms with van der Waals surface area (Å²) in [5, 5.41) is 12.6. The van der Waals surface area contributed by atoms with Gasteiger partial charge in [0.25, 0.3) is 0 Å². The van der Waals surface area contributed by atoms with Crippen molar-refractivity contribution in [2.45, 2.75) is 6.18 Å². The van der Waals surface area contributed by atoms with Gasteiger partial charge in [-0.3, -0.25) is 4.79 Å². The molecule has 0 fully saturated rings. The molecule has 0 aliphatic rings. The normalized spacial score (nSPS) is 11.2. The minimum absolute atomic E-state index is 0.0591. The minimum Gasteiger partial charge on any atom is -0.504 e. The van der Waals surface area contributed by atoms with Gasteiger partial charge in [-0.05, 0) is 23.8 Å². The van der Waals surface area contributed by atoms with E-state index in [0.717, 1.165) is 12.1 Å². The molecular formula is C16H16F3N3O2. The average molecular weight is 339 g/mol. The maximum Gasteiger partial charge on any atom is 0.416 e. The van der Waals surface area contributed by atoms with E-state index in [1.165, 1.54) is 29.3 Å². The van der Waals surface area contributed by atoms with Crippen LogP contribution in [0, 0.1) is 0 Å². The first-order valence-electron chi connectivity index (χ1n) is 6.99. The molecule has 0 atom stereocenters. The molecule has 0 radical (unpaired) electrons. The van der Waals surface area contributed by atoms with Gasteiger partial charge >= 0.3 is 6.18 Å². The molecule has 8 heteroatoms. The number of hydrogen-bond donors (Lipinski definition) is 2. The first-order valence-corrected chi connectivity index (χ1v) is 6.99. The number of likely N-dealkylation sites (N-methyl/N-ethyl adjacent to an activating group) is 1. The number of amides is 1. The van der Waals surface area contributed by atoms with Crippen LogP contribution in [0.15, 0.2) is 36.5 Å². The second kappa shape index (κ2) is 6.77. The summed E-state index contributed by atoms with van der Waals surface area (Å²) in [6.07, 6.45) is -3.11. The van der Waals surface area contributed by atoms with Gasteiger partial charge in [-0.15, -0.1) is 0 Å². The predicted molar refractivity (Wildman–Crippen MR) is 83.5 cm³/mol. The van der Waals surface area contributed by atoms with Gasteiger partial charge in [-0.25, -0.2) is 4.98 Å². The van der Waals surface area contributed by atoms with E-state index >= 15 is 0 Å². The van der Waals surface area contributed by atoms with Crippen molar-refractivity contribution in [3.05, 3.63) is 42.1 Å². The quantitative estimate of drug-likeness (QED) is 0.899. The second-order valence-corrected chi connectivity index (χ2v) is 5.31. The van der Waals surface area contributed by atoms with E-state index in [4.69, 9.17) is 0 Å². The first-order chi connectivity index (χ1) is 11.2. The Kier molecular flexibility index (Phi) is 4.96. The van der Waals surface area contributed by atoms with Crippen molar-refractivity contribution in [3.8, 4) is 16.9 Å². The van der Waals surface area contributed by atoms with Crippen molar-refractivity contribution in [1.29, 1.82) is 0 Å². The van der Waals surface area contributed by atoms with E-state index in [0.29, 0.717) is 5.56 Å². The summed E-state index contributed by atoms with van der Waals surface area (Å²) >= 11 is 0. The van der Waals surface area contributed by atoms with Crippen LogP contribution in [0.4, 0.5) is 19.0 Å². The van der Waals surface area contributed by atoms with Gasteiger partial charge in [0.1, 0.15) is 0 Å². The summed E-state index contributed by atoms with van der Waals surface area (Å²) in [6.45, 7) is -0.0591. The van der Waals surface area contributed by atoms with Crippen molar-refractivity contribution in [3.63, 3.8) is 0 Å². The lowest BCUT2D eigenvalue weighted by atomic mass is 10.0. The van der Waals surface area contributed by atoms with Gasteiger partial charge in [0.2, 0.25) is 5.91 Å². The molecule has 1 aromatic carbocycles. The highest BCUT2D eigenvalue weighted by atomic mass is 19.4. The topological polar surface area (TPSA) is 65.5 Å². The Morgan fingerprint density at radius 2 is 1.96 bits per heavy atom. The third-order valence-corrected chi connectivity index (χ3v) is 3.30. The minimum atomic E-state index is -4.44. The number of benzene rings is 1. The number of aromatic nitrogens is 1. The van der Waals surface area contributed by atoms with Crippen molar-refractivity contribution in [2.24, 2.45) is 0 Å². The fourth-order valence-corrected chi connectivity index (χ4v) is 1.94. The molecule has 0 aliphatic carbocycles. The van der Waals surface area contributed by atoms with Crippen LogP contribution in [-0.2, 0) is 11.0 Å². The fraction of sp³-hybridized carbons (Fsp3) is 0.250. The van der Waals surface area contributed by atoms with E-state index in [1.54, 1.807) is 14.1 Å². The molecule has 0 aliphatic heterocycles. The van der Waals surface area contributed by atoms with E-state index in [2.05, 4.69) is 10.3 Å². The number of alkyl halides is 3. The molecule has 0 saturated heterocycles. The highest BCUT2D eigenvalue weighted by Gasteiger charge is 2.30. The van der Waals surface area contributed by atoms with Crippen LogP contribution < -0.4 is 5.32 Å². The van der Waals surface area contributed by atoms with Crippen molar-refractivity contribution < 1.29 is 23.1 Å². The van der Waals surface area contributed by atoms with Gasteiger partial charge in [-0.2, -0.15) is 13.2 Å². The lowest BCUT2D eigenvalue weighted by molar-refractivity contribution is -0.137. The molecular weight excluding hydrogens is 323 g/mol. The van der Waals surface area contributed by atoms with Gasteiger partial charge in [0.05, 0.1) is 12.1 Å². The molecule has 1 heterocycles. The molecule has 0 unspecified atom stereocenters. The highest BCUT2D eigenvalue weighted by molar-refractivity contribution is 5.80. The Morgan fingerprint density at radius 3 is 2.54 bits per heavy atom. The Balaban J connectivity index is 2.22. The molecule has 0 spiro atoms. The zero-order valence-corrected chi connectivity index (χ0v) is 13.1. The summed E-state index contributed by atoms with van der Waals surface area (Å²) in [5.41, 5.74) is -0.162. The number of anilines is 1. The summed E-state index contributed by atoms with van der Waals surface area (Å²) in [5.74, 6) is -0.379. The number of hydrogen-bond acceptors (Lipinski definition) is 4. The Bertz CT molecular complexity index is 746. The van der Waals surface area contributed by atoms with Gasteiger partial charge in [-0.1, -0.05) is 12.1 Å². The number of nitrogens with one attached hydrogen (secondary N) is 1. The van der Waals surface area contributed by atoms with Gasteiger partial charge in [0.15, 0.2) is 11.6 Å². The summed E-state index contributed by atoms with van der Waals surface area (Å²) in [4.78, 5) is 16.8. The lowest BCUT2D eigenvalue weighted by Crippen LogP contribution is -2.28. The molecule has 5 nitrogen and oxygen atoms in total. The number of pyridine rings is 1. The molecule has 24 heavy (non-hydrogen) atoms. The predicted octanol–water partition coefficient (Wildman–Crippen LogP) is 2.97. The number of aromatic hydroxyl groups is 1. The first kappa shape index (κ1) is 17.6. The van der Waals surface area contributed by atoms with E-state index in [1.807, 2.05) is 0 Å². The Morgan fingerprint density at radius 1 is 1.25 bits per heavy atom. The van der Waals surface area contributed by atoms with Crippen LogP contribution in [0.5, 0.6) is 5.75 Å². The summed E-state index contributed by atoms with van der Waals surface area (Å²) in [6, 6.07) is 6.04. The monoisotopic (exact) mass is 339 g/mol. The highest BCUT2D eigenvalue weighted by Crippen LogP contribution is 2.33. The molecule has 2 aromatic rings. The Labute approximate surface area is 136 Å². The second-order valence-electron chi connectivity index (χ2n) is 5.31. The van der Waals surface area contributed by atoms with Crippen molar-refractivity contribution in [1.82, 2.24) is 9.88 Å². The molecule has 1 aromatic heterocycles. The third-order valence-electron chi connectivity index (χ3n) is 3.30. The number of carbonyl (C=O) groups excluding carboxylic acids is 1. The maximum absolute atomic E-state index is 12.8. The van der Waals surface area contributed by atoms with Gasteiger partial charge in [0, 0.05) is 25.9 Å².